The van der Waals surface area contributed by atoms with Crippen LogP contribution in [0.2, 0.25) is 0 Å². The van der Waals surface area contributed by atoms with Gasteiger partial charge in [-0.15, -0.1) is 0 Å². The summed E-state index contributed by atoms with van der Waals surface area (Å²) in [6, 6.07) is 10.7. The zero-order valence-corrected chi connectivity index (χ0v) is 13.0. The van der Waals surface area contributed by atoms with E-state index < -0.39 is 0 Å². The second-order valence-corrected chi connectivity index (χ2v) is 6.26. The highest BCUT2D eigenvalue weighted by atomic mass is 16.5. The van der Waals surface area contributed by atoms with Crippen molar-refractivity contribution in [3.8, 4) is 0 Å². The highest BCUT2D eigenvalue weighted by molar-refractivity contribution is 5.63. The third-order valence-electron chi connectivity index (χ3n) is 4.67. The highest BCUT2D eigenvalue weighted by Gasteiger charge is 2.16. The molecule has 0 radical (unpaired) electrons. The Hall–Kier alpha value is -1.28. The maximum absolute atomic E-state index is 6.27. The van der Waals surface area contributed by atoms with Gasteiger partial charge in [-0.05, 0) is 57.2 Å². The summed E-state index contributed by atoms with van der Waals surface area (Å²) in [5, 5.41) is 0. The number of rotatable bonds is 5. The fourth-order valence-electron chi connectivity index (χ4n) is 3.47. The summed E-state index contributed by atoms with van der Waals surface area (Å²) in [6.45, 7) is 4.40. The zero-order valence-electron chi connectivity index (χ0n) is 13.0. The van der Waals surface area contributed by atoms with Gasteiger partial charge in [-0.3, -0.25) is 4.90 Å². The van der Waals surface area contributed by atoms with Crippen molar-refractivity contribution in [3.05, 3.63) is 41.5 Å². The number of ether oxygens (including phenoxy) is 1. The lowest BCUT2D eigenvalue weighted by atomic mass is 9.92. The maximum Gasteiger partial charge on any atom is 0.125 e. The minimum absolute atomic E-state index is 0.827. The molecule has 0 aromatic heterocycles. The van der Waals surface area contributed by atoms with Gasteiger partial charge in [-0.2, -0.15) is 0 Å². The van der Waals surface area contributed by atoms with Crippen molar-refractivity contribution in [2.45, 2.75) is 44.9 Å². The molecular weight excluding hydrogens is 258 g/mol. The van der Waals surface area contributed by atoms with Crippen LogP contribution in [0, 0.1) is 0 Å². The number of hydrogen-bond acceptors (Lipinski definition) is 2. The van der Waals surface area contributed by atoms with E-state index in [0.29, 0.717) is 0 Å². The Morgan fingerprint density at radius 3 is 2.33 bits per heavy atom. The van der Waals surface area contributed by atoms with Crippen LogP contribution < -0.4 is 0 Å². The third-order valence-corrected chi connectivity index (χ3v) is 4.67. The molecule has 2 nitrogen and oxygen atoms in total. The summed E-state index contributed by atoms with van der Waals surface area (Å²) < 4.78 is 6.27. The molecule has 0 bridgehead atoms. The van der Waals surface area contributed by atoms with E-state index in [1.165, 1.54) is 74.9 Å². The van der Waals surface area contributed by atoms with Crippen molar-refractivity contribution in [3.63, 3.8) is 0 Å². The first-order chi connectivity index (χ1) is 10.4. The maximum atomic E-state index is 6.27. The summed E-state index contributed by atoms with van der Waals surface area (Å²) in [5.74, 6) is 1.18. The molecule has 3 rings (SSSR count). The van der Waals surface area contributed by atoms with E-state index in [1.807, 2.05) is 0 Å². The first-order valence-electron chi connectivity index (χ1n) is 8.56. The lowest BCUT2D eigenvalue weighted by Gasteiger charge is -2.22. The van der Waals surface area contributed by atoms with Crippen LogP contribution in [0.1, 0.15) is 50.5 Å². The number of nitrogens with zero attached hydrogens (tertiary/aromatic N) is 1. The zero-order chi connectivity index (χ0) is 14.3. The van der Waals surface area contributed by atoms with Crippen LogP contribution in [-0.2, 0) is 4.74 Å². The van der Waals surface area contributed by atoms with Gasteiger partial charge in [-0.1, -0.05) is 36.8 Å². The smallest absolute Gasteiger partial charge is 0.125 e. The van der Waals surface area contributed by atoms with E-state index in [9.17, 15) is 0 Å². The van der Waals surface area contributed by atoms with Gasteiger partial charge in [0.2, 0.25) is 0 Å². The van der Waals surface area contributed by atoms with Gasteiger partial charge in [-0.25, -0.2) is 0 Å². The van der Waals surface area contributed by atoms with E-state index in [2.05, 4.69) is 35.2 Å². The molecule has 1 saturated heterocycles. The Morgan fingerprint density at radius 2 is 1.62 bits per heavy atom. The van der Waals surface area contributed by atoms with Crippen molar-refractivity contribution in [1.29, 1.82) is 0 Å². The lowest BCUT2D eigenvalue weighted by Crippen LogP contribution is -2.24. The van der Waals surface area contributed by atoms with E-state index in [-0.39, 0.29) is 0 Å². The fourth-order valence-corrected chi connectivity index (χ4v) is 3.47. The molecule has 2 heteroatoms. The Bertz CT molecular complexity index is 452. The first-order valence-corrected chi connectivity index (χ1v) is 8.56. The number of hydrogen-bond donors (Lipinski definition) is 0. The number of allylic oxidation sites excluding steroid dienone is 1. The average molecular weight is 285 g/mol. The molecule has 2 aliphatic rings. The summed E-state index contributed by atoms with van der Waals surface area (Å²) in [5.41, 5.74) is 2.80. The van der Waals surface area contributed by atoms with Crippen molar-refractivity contribution >= 4 is 5.76 Å². The van der Waals surface area contributed by atoms with Crippen LogP contribution >= 0.6 is 0 Å². The van der Waals surface area contributed by atoms with Crippen molar-refractivity contribution in [2.24, 2.45) is 0 Å². The van der Waals surface area contributed by atoms with Crippen LogP contribution in [0.3, 0.4) is 0 Å². The van der Waals surface area contributed by atoms with Crippen LogP contribution in [-0.4, -0.2) is 31.1 Å². The molecule has 1 saturated carbocycles. The number of likely N-dealkylation sites (tertiary alicyclic amines) is 1. The molecule has 114 valence electrons. The Labute approximate surface area is 128 Å². The Kier molecular flexibility index (Phi) is 5.34. The van der Waals surface area contributed by atoms with Gasteiger partial charge in [0.15, 0.2) is 0 Å². The molecule has 0 amide bonds. The van der Waals surface area contributed by atoms with Crippen molar-refractivity contribution in [1.82, 2.24) is 4.90 Å². The van der Waals surface area contributed by atoms with E-state index >= 15 is 0 Å². The van der Waals surface area contributed by atoms with Gasteiger partial charge in [0.05, 0.1) is 0 Å². The van der Waals surface area contributed by atoms with Gasteiger partial charge in [0.25, 0.3) is 0 Å². The van der Waals surface area contributed by atoms with E-state index in [0.717, 1.165) is 13.2 Å². The van der Waals surface area contributed by atoms with Crippen LogP contribution in [0.5, 0.6) is 0 Å². The molecular formula is C19H27NO. The third kappa shape index (κ3) is 4.10. The molecule has 0 unspecified atom stereocenters. The molecule has 1 aromatic carbocycles. The predicted molar refractivity (Wildman–Crippen MR) is 88.1 cm³/mol. The molecule has 1 aliphatic carbocycles. The second-order valence-electron chi connectivity index (χ2n) is 6.26. The van der Waals surface area contributed by atoms with E-state index in [1.54, 1.807) is 0 Å². The Balaban J connectivity index is 1.67. The summed E-state index contributed by atoms with van der Waals surface area (Å²) in [4.78, 5) is 2.52. The van der Waals surface area contributed by atoms with Gasteiger partial charge < -0.3 is 4.74 Å². The second kappa shape index (κ2) is 7.65. The van der Waals surface area contributed by atoms with Gasteiger partial charge in [0.1, 0.15) is 12.4 Å². The lowest BCUT2D eigenvalue weighted by molar-refractivity contribution is 0.211. The average Bonchev–Trinajstić information content (AvgIpc) is 3.07. The standard InChI is InChI=1S/C19H27NO/c1-3-9-17(10-4-1)19(18-11-5-2-6-12-18)21-16-15-20-13-7-8-14-20/h1,3-4,9-10H,2,5-8,11-16H2. The first kappa shape index (κ1) is 14.6. The minimum Gasteiger partial charge on any atom is -0.492 e. The quantitative estimate of drug-likeness (QED) is 0.740. The summed E-state index contributed by atoms with van der Waals surface area (Å²) >= 11 is 0. The normalized spacial score (nSPS) is 19.7. The van der Waals surface area contributed by atoms with Crippen molar-refractivity contribution < 1.29 is 4.74 Å². The summed E-state index contributed by atoms with van der Waals surface area (Å²) in [7, 11) is 0. The Morgan fingerprint density at radius 1 is 0.905 bits per heavy atom. The molecule has 0 N–H and O–H groups in total. The molecule has 21 heavy (non-hydrogen) atoms. The molecule has 1 heterocycles. The van der Waals surface area contributed by atoms with Crippen molar-refractivity contribution in [2.75, 3.05) is 26.2 Å². The molecule has 0 spiro atoms. The fraction of sp³-hybridized carbons (Fsp3) is 0.579. The molecule has 1 aliphatic heterocycles. The predicted octanol–water partition coefficient (Wildman–Crippen LogP) is 4.47. The van der Waals surface area contributed by atoms with Gasteiger partial charge >= 0.3 is 0 Å². The SMILES string of the molecule is c1ccc(C(OCCN2CCCC2)=C2CCCCC2)cc1. The molecule has 2 fully saturated rings. The van der Waals surface area contributed by atoms with E-state index in [4.69, 9.17) is 4.74 Å². The summed E-state index contributed by atoms with van der Waals surface area (Å²) in [6.07, 6.45) is 9.16. The minimum atomic E-state index is 0.827. The van der Waals surface area contributed by atoms with Crippen LogP contribution in [0.15, 0.2) is 35.9 Å². The molecule has 0 atom stereocenters. The van der Waals surface area contributed by atoms with Crippen LogP contribution in [0.25, 0.3) is 5.76 Å². The topological polar surface area (TPSA) is 12.5 Å². The number of benzene rings is 1. The molecule has 1 aromatic rings. The monoisotopic (exact) mass is 285 g/mol. The largest absolute Gasteiger partial charge is 0.492 e. The highest BCUT2D eigenvalue weighted by Crippen LogP contribution is 2.31. The van der Waals surface area contributed by atoms with Crippen LogP contribution in [0.4, 0.5) is 0 Å². The van der Waals surface area contributed by atoms with Gasteiger partial charge in [0, 0.05) is 12.1 Å².